The molecule has 0 aliphatic heterocycles. The van der Waals surface area contributed by atoms with Gasteiger partial charge in [0.1, 0.15) is 0 Å². The number of halogens is 1. The lowest BCUT2D eigenvalue weighted by Gasteiger charge is -2.34. The first-order chi connectivity index (χ1) is 8.48. The Labute approximate surface area is 122 Å². The highest BCUT2D eigenvalue weighted by atomic mass is 35.5. The normalized spacial score (nSPS) is 41.4. The molecule has 3 saturated carbocycles. The smallest absolute Gasteiger partial charge is 0.224 e. The molecule has 3 nitrogen and oxygen atoms in total. The van der Waals surface area contributed by atoms with Gasteiger partial charge in [0.25, 0.3) is 0 Å². The Hall–Kier alpha value is -0.280. The predicted molar refractivity (Wildman–Crippen MR) is 79.0 cm³/mol. The van der Waals surface area contributed by atoms with Gasteiger partial charge < -0.3 is 11.1 Å². The molecule has 0 spiro atoms. The van der Waals surface area contributed by atoms with Crippen LogP contribution in [-0.2, 0) is 4.79 Å². The minimum Gasteiger partial charge on any atom is -0.349 e. The van der Waals surface area contributed by atoms with E-state index in [4.69, 9.17) is 5.73 Å². The van der Waals surface area contributed by atoms with E-state index in [0.29, 0.717) is 18.4 Å². The fourth-order valence-corrected chi connectivity index (χ4v) is 4.47. The fraction of sp³-hybridized carbons (Fsp3) is 0.933. The van der Waals surface area contributed by atoms with Crippen molar-refractivity contribution in [3.8, 4) is 0 Å². The summed E-state index contributed by atoms with van der Waals surface area (Å²) in [5.74, 6) is 4.14. The minimum absolute atomic E-state index is 0. The Bertz CT molecular complexity index is 357. The molecule has 3 aliphatic carbocycles. The first kappa shape index (κ1) is 15.1. The Morgan fingerprint density at radius 2 is 1.84 bits per heavy atom. The van der Waals surface area contributed by atoms with Gasteiger partial charge in [0, 0.05) is 12.5 Å². The number of nitrogens with two attached hydrogens (primary N) is 1. The monoisotopic (exact) mass is 286 g/mol. The molecule has 1 amide bonds. The summed E-state index contributed by atoms with van der Waals surface area (Å²) in [7, 11) is 0. The summed E-state index contributed by atoms with van der Waals surface area (Å²) in [6.07, 6.45) is 4.14. The highest BCUT2D eigenvalue weighted by Gasteiger charge is 2.67. The van der Waals surface area contributed by atoms with Gasteiger partial charge in [0.05, 0.1) is 5.54 Å². The number of hydrogen-bond acceptors (Lipinski definition) is 2. The molecular weight excluding hydrogens is 260 g/mol. The van der Waals surface area contributed by atoms with Gasteiger partial charge in [-0.25, -0.2) is 0 Å². The molecule has 3 rings (SSSR count). The molecule has 0 saturated heterocycles. The number of nitrogens with one attached hydrogen (secondary N) is 1. The molecule has 0 aromatic carbocycles. The summed E-state index contributed by atoms with van der Waals surface area (Å²) in [5.41, 5.74) is 5.60. The van der Waals surface area contributed by atoms with Crippen LogP contribution in [0.25, 0.3) is 0 Å². The average Bonchev–Trinajstić information content (AvgIpc) is 2.79. The average molecular weight is 287 g/mol. The third-order valence-electron chi connectivity index (χ3n) is 6.15. The summed E-state index contributed by atoms with van der Waals surface area (Å²) in [6.45, 7) is 6.85. The van der Waals surface area contributed by atoms with Crippen LogP contribution in [0.1, 0.15) is 40.0 Å². The number of fused-ring (bicyclic) bond motifs is 5. The van der Waals surface area contributed by atoms with E-state index in [-0.39, 0.29) is 23.9 Å². The number of hydrogen-bond donors (Lipinski definition) is 2. The second kappa shape index (κ2) is 4.92. The largest absolute Gasteiger partial charge is 0.349 e. The van der Waals surface area contributed by atoms with E-state index in [0.717, 1.165) is 23.7 Å². The highest BCUT2D eigenvalue weighted by Crippen LogP contribution is 2.69. The van der Waals surface area contributed by atoms with Crippen molar-refractivity contribution in [2.24, 2.45) is 41.2 Å². The fourth-order valence-electron chi connectivity index (χ4n) is 4.47. The standard InChI is InChI=1S/C15H26N2O.ClH/c1-8(2)15(3,7-16)17-14(18)13-11-9-4-5-10(6-9)12(11)13;/h8-13H,4-7,16H2,1-3H3,(H,17,18);1H. The van der Waals surface area contributed by atoms with Crippen molar-refractivity contribution in [3.05, 3.63) is 0 Å². The summed E-state index contributed by atoms with van der Waals surface area (Å²) in [5, 5.41) is 3.24. The number of carbonyl (C=O) groups is 1. The maximum Gasteiger partial charge on any atom is 0.224 e. The molecule has 3 fully saturated rings. The van der Waals surface area contributed by atoms with Gasteiger partial charge in [-0.3, -0.25) is 4.79 Å². The molecule has 0 aromatic heterocycles. The first-order valence-corrected chi connectivity index (χ1v) is 7.50. The van der Waals surface area contributed by atoms with Gasteiger partial charge in [0.2, 0.25) is 5.91 Å². The number of carbonyl (C=O) groups excluding carboxylic acids is 1. The second-order valence-corrected chi connectivity index (χ2v) is 7.28. The van der Waals surface area contributed by atoms with E-state index >= 15 is 0 Å². The Morgan fingerprint density at radius 1 is 1.32 bits per heavy atom. The van der Waals surface area contributed by atoms with Gasteiger partial charge in [-0.2, -0.15) is 0 Å². The Morgan fingerprint density at radius 3 is 2.26 bits per heavy atom. The molecule has 2 bridgehead atoms. The SMILES string of the molecule is CC(C)C(C)(CN)NC(=O)C1C2C3CCC(C3)C12.Cl. The highest BCUT2D eigenvalue weighted by molar-refractivity contribution is 5.85. The second-order valence-electron chi connectivity index (χ2n) is 7.28. The zero-order valence-electron chi connectivity index (χ0n) is 12.2. The predicted octanol–water partition coefficient (Wildman–Crippen LogP) is 2.19. The Balaban J connectivity index is 0.00000133. The van der Waals surface area contributed by atoms with Crippen LogP contribution in [0.2, 0.25) is 0 Å². The van der Waals surface area contributed by atoms with Crippen LogP contribution in [0.3, 0.4) is 0 Å². The van der Waals surface area contributed by atoms with E-state index in [1.165, 1.54) is 19.3 Å². The van der Waals surface area contributed by atoms with Crippen LogP contribution in [0.4, 0.5) is 0 Å². The Kier molecular flexibility index (Phi) is 3.92. The van der Waals surface area contributed by atoms with Crippen LogP contribution in [0.5, 0.6) is 0 Å². The molecule has 4 heteroatoms. The van der Waals surface area contributed by atoms with Crippen molar-refractivity contribution in [1.82, 2.24) is 5.32 Å². The zero-order chi connectivity index (χ0) is 13.1. The van der Waals surface area contributed by atoms with Gasteiger partial charge in [-0.05, 0) is 55.8 Å². The molecule has 0 radical (unpaired) electrons. The number of amides is 1. The maximum absolute atomic E-state index is 12.5. The summed E-state index contributed by atoms with van der Waals surface area (Å²) < 4.78 is 0. The summed E-state index contributed by atoms with van der Waals surface area (Å²) >= 11 is 0. The van der Waals surface area contributed by atoms with Crippen LogP contribution in [0.15, 0.2) is 0 Å². The van der Waals surface area contributed by atoms with Crippen LogP contribution < -0.4 is 11.1 Å². The third kappa shape index (κ3) is 2.19. The third-order valence-corrected chi connectivity index (χ3v) is 6.15. The zero-order valence-corrected chi connectivity index (χ0v) is 13.0. The molecule has 5 atom stereocenters. The topological polar surface area (TPSA) is 55.1 Å². The molecule has 3 N–H and O–H groups in total. The van der Waals surface area contributed by atoms with Crippen LogP contribution in [0, 0.1) is 35.5 Å². The van der Waals surface area contributed by atoms with Gasteiger partial charge in [0.15, 0.2) is 0 Å². The molecule has 5 unspecified atom stereocenters. The molecule has 0 heterocycles. The van der Waals surface area contributed by atoms with E-state index in [2.05, 4.69) is 26.1 Å². The molecule has 0 aromatic rings. The van der Waals surface area contributed by atoms with Crippen molar-refractivity contribution >= 4 is 18.3 Å². The van der Waals surface area contributed by atoms with Crippen LogP contribution >= 0.6 is 12.4 Å². The molecule has 19 heavy (non-hydrogen) atoms. The summed E-state index contributed by atoms with van der Waals surface area (Å²) in [4.78, 5) is 12.5. The molecule has 110 valence electrons. The minimum atomic E-state index is -0.243. The van der Waals surface area contributed by atoms with Gasteiger partial charge >= 0.3 is 0 Å². The van der Waals surface area contributed by atoms with Crippen molar-refractivity contribution in [1.29, 1.82) is 0 Å². The van der Waals surface area contributed by atoms with Crippen LogP contribution in [-0.4, -0.2) is 18.0 Å². The lowest BCUT2D eigenvalue weighted by Crippen LogP contribution is -2.55. The first-order valence-electron chi connectivity index (χ1n) is 7.50. The number of rotatable bonds is 4. The van der Waals surface area contributed by atoms with Crippen molar-refractivity contribution in [3.63, 3.8) is 0 Å². The van der Waals surface area contributed by atoms with Gasteiger partial charge in [-0.1, -0.05) is 13.8 Å². The molecule has 3 aliphatic rings. The summed E-state index contributed by atoms with van der Waals surface area (Å²) in [6, 6.07) is 0. The van der Waals surface area contributed by atoms with Crippen molar-refractivity contribution in [2.45, 2.75) is 45.6 Å². The molecular formula is C15H27ClN2O. The van der Waals surface area contributed by atoms with Crippen molar-refractivity contribution in [2.75, 3.05) is 6.54 Å². The van der Waals surface area contributed by atoms with E-state index < -0.39 is 0 Å². The van der Waals surface area contributed by atoms with E-state index in [1.54, 1.807) is 0 Å². The maximum atomic E-state index is 12.5. The lowest BCUT2D eigenvalue weighted by atomic mass is 9.88. The van der Waals surface area contributed by atoms with Gasteiger partial charge in [-0.15, -0.1) is 12.4 Å². The lowest BCUT2D eigenvalue weighted by molar-refractivity contribution is -0.125. The van der Waals surface area contributed by atoms with Crippen molar-refractivity contribution < 1.29 is 4.79 Å². The van der Waals surface area contributed by atoms with E-state index in [1.807, 2.05) is 0 Å². The quantitative estimate of drug-likeness (QED) is 0.832. The van der Waals surface area contributed by atoms with E-state index in [9.17, 15) is 4.79 Å².